The highest BCUT2D eigenvalue weighted by atomic mass is 16.5. The molecule has 0 N–H and O–H groups in total. The third-order valence-electron chi connectivity index (χ3n) is 4.56. The highest BCUT2D eigenvalue weighted by molar-refractivity contribution is 5.73. The summed E-state index contributed by atoms with van der Waals surface area (Å²) in [5.41, 5.74) is 4.62. The minimum Gasteiger partial charge on any atom is -0.495 e. The molecule has 3 nitrogen and oxygen atoms in total. The predicted molar refractivity (Wildman–Crippen MR) is 114 cm³/mol. The Hall–Kier alpha value is -3.25. The van der Waals surface area contributed by atoms with E-state index in [1.807, 2.05) is 48.5 Å². The van der Waals surface area contributed by atoms with Gasteiger partial charge in [-0.3, -0.25) is 0 Å². The van der Waals surface area contributed by atoms with Crippen LogP contribution in [-0.4, -0.2) is 12.1 Å². The lowest BCUT2D eigenvalue weighted by molar-refractivity contribution is 0.295. The number of benzene rings is 2. The fourth-order valence-corrected chi connectivity index (χ4v) is 3.12. The lowest BCUT2D eigenvalue weighted by atomic mass is 9.83. The van der Waals surface area contributed by atoms with E-state index in [0.29, 0.717) is 12.5 Å². The summed E-state index contributed by atoms with van der Waals surface area (Å²) in [5, 5.41) is 0. The maximum atomic E-state index is 6.04. The van der Waals surface area contributed by atoms with E-state index < -0.39 is 0 Å². The van der Waals surface area contributed by atoms with Gasteiger partial charge in [0.15, 0.2) is 0 Å². The fraction of sp³-hybridized carbons (Fsp3) is 0.240. The van der Waals surface area contributed by atoms with Crippen LogP contribution < -0.4 is 9.47 Å². The summed E-state index contributed by atoms with van der Waals surface area (Å²) in [6.07, 6.45) is 7.52. The van der Waals surface area contributed by atoms with Crippen molar-refractivity contribution in [2.24, 2.45) is 0 Å². The molecule has 0 atom stereocenters. The molecule has 0 unspecified atom stereocenters. The Morgan fingerprint density at radius 3 is 2.43 bits per heavy atom. The van der Waals surface area contributed by atoms with Crippen LogP contribution in [-0.2, 0) is 12.0 Å². The number of aromatic nitrogens is 1. The normalized spacial score (nSPS) is 11.0. The molecule has 0 bridgehead atoms. The minimum absolute atomic E-state index is 0.125. The molecule has 0 aliphatic heterocycles. The molecule has 1 aromatic heterocycles. The summed E-state index contributed by atoms with van der Waals surface area (Å²) in [4.78, 5) is 4.45. The molecule has 0 fully saturated rings. The monoisotopic (exact) mass is 371 g/mol. The van der Waals surface area contributed by atoms with Crippen LogP contribution in [0, 0.1) is 12.3 Å². The Bertz CT molecular complexity index is 995. The predicted octanol–water partition coefficient (Wildman–Crippen LogP) is 5.62. The van der Waals surface area contributed by atoms with Gasteiger partial charge in [-0.1, -0.05) is 57.0 Å². The average molecular weight is 371 g/mol. The van der Waals surface area contributed by atoms with Crippen LogP contribution in [0.15, 0.2) is 60.8 Å². The van der Waals surface area contributed by atoms with Crippen molar-refractivity contribution in [2.45, 2.75) is 32.8 Å². The molecule has 0 saturated heterocycles. The first-order valence-corrected chi connectivity index (χ1v) is 9.25. The molecule has 3 heteroatoms. The average Bonchev–Trinajstić information content (AvgIpc) is 2.71. The summed E-state index contributed by atoms with van der Waals surface area (Å²) in [6.45, 7) is 6.89. The van der Waals surface area contributed by atoms with Gasteiger partial charge >= 0.3 is 0 Å². The number of hydrogen-bond donors (Lipinski definition) is 0. The molecule has 0 amide bonds. The zero-order valence-electron chi connectivity index (χ0n) is 16.8. The van der Waals surface area contributed by atoms with E-state index in [1.54, 1.807) is 13.3 Å². The molecule has 0 aliphatic rings. The van der Waals surface area contributed by atoms with E-state index in [-0.39, 0.29) is 5.41 Å². The third-order valence-corrected chi connectivity index (χ3v) is 4.56. The summed E-state index contributed by atoms with van der Waals surface area (Å²) in [5.74, 6) is 4.09. The van der Waals surface area contributed by atoms with Crippen LogP contribution in [0.25, 0.3) is 11.1 Å². The molecular formula is C25H25NO2. The van der Waals surface area contributed by atoms with Crippen molar-refractivity contribution in [1.29, 1.82) is 0 Å². The van der Waals surface area contributed by atoms with Crippen LogP contribution in [0.2, 0.25) is 0 Å². The lowest BCUT2D eigenvalue weighted by Crippen LogP contribution is -2.14. The van der Waals surface area contributed by atoms with Gasteiger partial charge in [0.25, 0.3) is 0 Å². The van der Waals surface area contributed by atoms with Gasteiger partial charge in [0, 0.05) is 17.3 Å². The number of methoxy groups -OCH3 is 1. The first kappa shape index (κ1) is 19.5. The second-order valence-corrected chi connectivity index (χ2v) is 7.63. The van der Waals surface area contributed by atoms with Gasteiger partial charge in [0.2, 0.25) is 5.88 Å². The molecule has 1 heterocycles. The number of nitrogens with zero attached hydrogens (tertiary/aromatic N) is 1. The van der Waals surface area contributed by atoms with Crippen LogP contribution in [0.5, 0.6) is 11.6 Å². The summed E-state index contributed by atoms with van der Waals surface area (Å²) in [6, 6.07) is 18.0. The number of rotatable bonds is 5. The van der Waals surface area contributed by atoms with Crippen LogP contribution in [0.3, 0.4) is 0 Å². The van der Waals surface area contributed by atoms with Gasteiger partial charge in [-0.25, -0.2) is 4.98 Å². The molecular weight excluding hydrogens is 346 g/mol. The molecule has 3 rings (SSSR count). The molecule has 0 radical (unpaired) electrons. The molecule has 0 spiro atoms. The second-order valence-electron chi connectivity index (χ2n) is 7.63. The maximum Gasteiger partial charge on any atom is 0.221 e. The Morgan fingerprint density at radius 2 is 1.79 bits per heavy atom. The van der Waals surface area contributed by atoms with E-state index >= 15 is 0 Å². The molecule has 2 aromatic carbocycles. The quantitative estimate of drug-likeness (QED) is 0.546. The van der Waals surface area contributed by atoms with E-state index in [9.17, 15) is 0 Å². The van der Waals surface area contributed by atoms with Gasteiger partial charge in [-0.2, -0.15) is 0 Å². The van der Waals surface area contributed by atoms with Gasteiger partial charge < -0.3 is 9.47 Å². The maximum absolute atomic E-state index is 6.04. The van der Waals surface area contributed by atoms with Crippen molar-refractivity contribution in [2.75, 3.05) is 7.11 Å². The van der Waals surface area contributed by atoms with Crippen molar-refractivity contribution < 1.29 is 9.47 Å². The third kappa shape index (κ3) is 4.18. The first-order chi connectivity index (χ1) is 13.4. The summed E-state index contributed by atoms with van der Waals surface area (Å²) < 4.78 is 11.7. The largest absolute Gasteiger partial charge is 0.495 e. The van der Waals surface area contributed by atoms with E-state index in [0.717, 1.165) is 33.6 Å². The first-order valence-electron chi connectivity index (χ1n) is 9.25. The van der Waals surface area contributed by atoms with E-state index in [4.69, 9.17) is 15.9 Å². The molecule has 3 aromatic rings. The van der Waals surface area contributed by atoms with Crippen LogP contribution >= 0.6 is 0 Å². The van der Waals surface area contributed by atoms with Crippen molar-refractivity contribution in [3.8, 4) is 35.1 Å². The van der Waals surface area contributed by atoms with Gasteiger partial charge in [-0.15, -0.1) is 6.42 Å². The van der Waals surface area contributed by atoms with Crippen molar-refractivity contribution >= 4 is 0 Å². The number of pyridine rings is 1. The Labute approximate surface area is 167 Å². The van der Waals surface area contributed by atoms with Crippen molar-refractivity contribution in [3.05, 3.63) is 77.5 Å². The Kier molecular flexibility index (Phi) is 5.70. The van der Waals surface area contributed by atoms with Crippen molar-refractivity contribution in [1.82, 2.24) is 4.98 Å². The van der Waals surface area contributed by atoms with Gasteiger partial charge in [-0.05, 0) is 40.8 Å². The van der Waals surface area contributed by atoms with Gasteiger partial charge in [0.1, 0.15) is 12.4 Å². The molecule has 142 valence electrons. The van der Waals surface area contributed by atoms with Crippen LogP contribution in [0.4, 0.5) is 0 Å². The fourth-order valence-electron chi connectivity index (χ4n) is 3.12. The zero-order valence-corrected chi connectivity index (χ0v) is 16.8. The van der Waals surface area contributed by atoms with Gasteiger partial charge in [0.05, 0.1) is 12.7 Å². The van der Waals surface area contributed by atoms with Crippen LogP contribution in [0.1, 0.15) is 37.5 Å². The SMILES string of the molecule is C#Cc1cc(-c2cccnc2OCc2ccccc2)cc(C(C)(C)C)c1OC. The molecule has 0 aliphatic carbocycles. The Morgan fingerprint density at radius 1 is 1.04 bits per heavy atom. The topological polar surface area (TPSA) is 31.4 Å². The van der Waals surface area contributed by atoms with E-state index in [2.05, 4.69) is 37.7 Å². The zero-order chi connectivity index (χ0) is 20.1. The Balaban J connectivity index is 2.05. The number of ether oxygens (including phenoxy) is 2. The lowest BCUT2D eigenvalue weighted by Gasteiger charge is -2.24. The van der Waals surface area contributed by atoms with E-state index in [1.165, 1.54) is 0 Å². The number of terminal acetylenes is 1. The molecule has 0 saturated carbocycles. The highest BCUT2D eigenvalue weighted by Gasteiger charge is 2.23. The summed E-state index contributed by atoms with van der Waals surface area (Å²) >= 11 is 0. The minimum atomic E-state index is -0.125. The highest BCUT2D eigenvalue weighted by Crippen LogP contribution is 2.39. The second kappa shape index (κ2) is 8.19. The smallest absolute Gasteiger partial charge is 0.221 e. The molecule has 28 heavy (non-hydrogen) atoms. The summed E-state index contributed by atoms with van der Waals surface area (Å²) in [7, 11) is 1.66. The standard InChI is InChI=1S/C25H25NO2/c1-6-19-15-20(16-22(23(19)27-5)25(2,3)4)21-13-10-14-26-24(21)28-17-18-11-8-7-9-12-18/h1,7-16H,17H2,2-5H3. The number of hydrogen-bond acceptors (Lipinski definition) is 3. The van der Waals surface area contributed by atoms with Crippen molar-refractivity contribution in [3.63, 3.8) is 0 Å².